The lowest BCUT2D eigenvalue weighted by Gasteiger charge is -2.06. The Morgan fingerprint density at radius 1 is 1.00 bits per heavy atom. The van der Waals surface area contributed by atoms with Crippen molar-refractivity contribution in [2.45, 2.75) is 12.8 Å². The molecular formula is C20H16ClNO3. The van der Waals surface area contributed by atoms with E-state index in [4.69, 9.17) is 18.0 Å². The average Bonchev–Trinajstić information content (AvgIpc) is 2.65. The van der Waals surface area contributed by atoms with Crippen molar-refractivity contribution in [2.75, 3.05) is 11.2 Å². The van der Waals surface area contributed by atoms with Crippen molar-refractivity contribution >= 4 is 34.8 Å². The van der Waals surface area contributed by atoms with Gasteiger partial charge in [0.2, 0.25) is 17.5 Å². The van der Waals surface area contributed by atoms with Crippen molar-refractivity contribution in [3.05, 3.63) is 65.2 Å². The molecule has 0 atom stereocenters. The summed E-state index contributed by atoms with van der Waals surface area (Å²) in [6.45, 7) is 0. The second-order valence-electron chi connectivity index (χ2n) is 5.33. The Labute approximate surface area is 151 Å². The van der Waals surface area contributed by atoms with Crippen molar-refractivity contribution in [3.8, 4) is 12.3 Å². The number of carbonyl (C=O) groups is 3. The number of benzene rings is 2. The predicted molar refractivity (Wildman–Crippen MR) is 98.0 cm³/mol. The second kappa shape index (κ2) is 8.81. The molecule has 0 aromatic heterocycles. The highest BCUT2D eigenvalue weighted by molar-refractivity contribution is 6.49. The Hall–Kier alpha value is -2.90. The zero-order chi connectivity index (χ0) is 18.2. The standard InChI is InChI=1S/C20H16ClNO3/c1-2-3-6-14-7-4-8-15(11-14)19(24)20(25)16-9-5-10-17(12-16)22-18(23)13-21/h1,4-5,7-12H,3,6,13H2,(H,22,23). The highest BCUT2D eigenvalue weighted by atomic mass is 35.5. The van der Waals surface area contributed by atoms with Crippen LogP contribution in [0.4, 0.5) is 5.69 Å². The molecule has 0 fully saturated rings. The smallest absolute Gasteiger partial charge is 0.239 e. The Balaban J connectivity index is 2.20. The first-order chi connectivity index (χ1) is 12.0. The molecule has 2 aromatic carbocycles. The third kappa shape index (κ3) is 5.03. The zero-order valence-corrected chi connectivity index (χ0v) is 14.2. The number of anilines is 1. The van der Waals surface area contributed by atoms with Gasteiger partial charge in [-0.3, -0.25) is 14.4 Å². The first-order valence-electron chi connectivity index (χ1n) is 7.62. The van der Waals surface area contributed by atoms with E-state index in [2.05, 4.69) is 11.2 Å². The van der Waals surface area contributed by atoms with E-state index in [-0.39, 0.29) is 17.4 Å². The van der Waals surface area contributed by atoms with Crippen LogP contribution in [-0.2, 0) is 11.2 Å². The molecule has 0 saturated heterocycles. The molecule has 25 heavy (non-hydrogen) atoms. The van der Waals surface area contributed by atoms with Crippen molar-refractivity contribution < 1.29 is 14.4 Å². The minimum absolute atomic E-state index is 0.193. The van der Waals surface area contributed by atoms with Gasteiger partial charge in [0.05, 0.1) is 0 Å². The number of aryl methyl sites for hydroxylation is 1. The normalized spacial score (nSPS) is 9.92. The van der Waals surface area contributed by atoms with Gasteiger partial charge in [-0.15, -0.1) is 23.9 Å². The highest BCUT2D eigenvalue weighted by Crippen LogP contribution is 2.15. The number of nitrogens with one attached hydrogen (secondary N) is 1. The average molecular weight is 354 g/mol. The minimum Gasteiger partial charge on any atom is -0.325 e. The van der Waals surface area contributed by atoms with Gasteiger partial charge < -0.3 is 5.32 Å². The van der Waals surface area contributed by atoms with Gasteiger partial charge in [0.25, 0.3) is 0 Å². The van der Waals surface area contributed by atoms with E-state index >= 15 is 0 Å². The van der Waals surface area contributed by atoms with Gasteiger partial charge in [0, 0.05) is 23.2 Å². The second-order valence-corrected chi connectivity index (χ2v) is 5.59. The van der Waals surface area contributed by atoms with Crippen molar-refractivity contribution in [2.24, 2.45) is 0 Å². The van der Waals surface area contributed by atoms with Crippen LogP contribution < -0.4 is 5.32 Å². The maximum absolute atomic E-state index is 12.5. The lowest BCUT2D eigenvalue weighted by molar-refractivity contribution is -0.113. The Kier molecular flexibility index (Phi) is 6.50. The number of carbonyl (C=O) groups excluding carboxylic acids is 3. The lowest BCUT2D eigenvalue weighted by Crippen LogP contribution is -2.16. The van der Waals surface area contributed by atoms with Gasteiger partial charge in [-0.05, 0) is 30.2 Å². The van der Waals surface area contributed by atoms with Crippen LogP contribution in [0.1, 0.15) is 32.7 Å². The number of ketones is 2. The molecule has 0 saturated carbocycles. The number of Topliss-reactive ketones (excluding diaryl/α,β-unsaturated/α-hetero) is 2. The van der Waals surface area contributed by atoms with Crippen LogP contribution in [0.25, 0.3) is 0 Å². The summed E-state index contributed by atoms with van der Waals surface area (Å²) in [6, 6.07) is 13.0. The van der Waals surface area contributed by atoms with Crippen LogP contribution in [0.3, 0.4) is 0 Å². The topological polar surface area (TPSA) is 63.2 Å². The zero-order valence-electron chi connectivity index (χ0n) is 13.4. The number of terminal acetylenes is 1. The lowest BCUT2D eigenvalue weighted by atomic mass is 9.98. The van der Waals surface area contributed by atoms with Gasteiger partial charge in [-0.25, -0.2) is 0 Å². The molecule has 0 heterocycles. The van der Waals surface area contributed by atoms with Gasteiger partial charge in [0.15, 0.2) is 0 Å². The summed E-state index contributed by atoms with van der Waals surface area (Å²) in [5.41, 5.74) is 1.83. The molecule has 2 aromatic rings. The van der Waals surface area contributed by atoms with Crippen LogP contribution in [0, 0.1) is 12.3 Å². The summed E-state index contributed by atoms with van der Waals surface area (Å²) in [7, 11) is 0. The fourth-order valence-corrected chi connectivity index (χ4v) is 2.35. The number of amides is 1. The molecule has 0 aliphatic carbocycles. The maximum atomic E-state index is 12.5. The molecule has 5 heteroatoms. The van der Waals surface area contributed by atoms with Crippen LogP contribution in [0.5, 0.6) is 0 Å². The molecule has 0 aliphatic rings. The van der Waals surface area contributed by atoms with Gasteiger partial charge in [-0.1, -0.05) is 30.3 Å². The van der Waals surface area contributed by atoms with Crippen LogP contribution in [0.15, 0.2) is 48.5 Å². The predicted octanol–water partition coefficient (Wildman–Crippen LogP) is 3.50. The monoisotopic (exact) mass is 353 g/mol. The third-order valence-corrected chi connectivity index (χ3v) is 3.73. The molecule has 4 nitrogen and oxygen atoms in total. The van der Waals surface area contributed by atoms with Crippen molar-refractivity contribution in [1.82, 2.24) is 0 Å². The number of rotatable bonds is 7. The van der Waals surface area contributed by atoms with E-state index in [9.17, 15) is 14.4 Å². The van der Waals surface area contributed by atoms with E-state index in [1.54, 1.807) is 30.3 Å². The summed E-state index contributed by atoms with van der Waals surface area (Å²) in [4.78, 5) is 36.3. The minimum atomic E-state index is -0.643. The highest BCUT2D eigenvalue weighted by Gasteiger charge is 2.19. The third-order valence-electron chi connectivity index (χ3n) is 3.48. The van der Waals surface area contributed by atoms with Crippen molar-refractivity contribution in [1.29, 1.82) is 0 Å². The molecule has 126 valence electrons. The number of hydrogen-bond donors (Lipinski definition) is 1. The summed E-state index contributed by atoms with van der Waals surface area (Å²) in [5, 5.41) is 2.54. The van der Waals surface area contributed by atoms with E-state index in [0.717, 1.165) is 5.56 Å². The molecule has 0 radical (unpaired) electrons. The largest absolute Gasteiger partial charge is 0.325 e. The van der Waals surface area contributed by atoms with E-state index in [1.165, 1.54) is 12.1 Å². The molecule has 0 bridgehead atoms. The fraction of sp³-hybridized carbons (Fsp3) is 0.150. The first-order valence-corrected chi connectivity index (χ1v) is 8.16. The number of alkyl halides is 1. The summed E-state index contributed by atoms with van der Waals surface area (Å²) < 4.78 is 0. The van der Waals surface area contributed by atoms with E-state index in [0.29, 0.717) is 24.1 Å². The first kappa shape index (κ1) is 18.4. The molecule has 0 aliphatic heterocycles. The number of halogens is 1. The summed E-state index contributed by atoms with van der Waals surface area (Å²) in [6.07, 6.45) is 6.46. The van der Waals surface area contributed by atoms with Crippen LogP contribution in [0.2, 0.25) is 0 Å². The SMILES string of the molecule is C#CCCc1cccc(C(=O)C(=O)c2cccc(NC(=O)CCl)c2)c1. The van der Waals surface area contributed by atoms with Crippen molar-refractivity contribution in [3.63, 3.8) is 0 Å². The van der Waals surface area contributed by atoms with Gasteiger partial charge in [-0.2, -0.15) is 0 Å². The van der Waals surface area contributed by atoms with Crippen LogP contribution in [-0.4, -0.2) is 23.4 Å². The van der Waals surface area contributed by atoms with Gasteiger partial charge >= 0.3 is 0 Å². The Bertz CT molecular complexity index is 852. The van der Waals surface area contributed by atoms with Gasteiger partial charge in [0.1, 0.15) is 5.88 Å². The van der Waals surface area contributed by atoms with E-state index in [1.807, 2.05) is 6.07 Å². The molecule has 1 amide bonds. The molecule has 0 unspecified atom stereocenters. The molecule has 1 N–H and O–H groups in total. The molecule has 0 spiro atoms. The maximum Gasteiger partial charge on any atom is 0.239 e. The fourth-order valence-electron chi connectivity index (χ4n) is 2.28. The Morgan fingerprint density at radius 2 is 1.64 bits per heavy atom. The van der Waals surface area contributed by atoms with Crippen LogP contribution >= 0.6 is 11.6 Å². The number of hydrogen-bond acceptors (Lipinski definition) is 3. The Morgan fingerprint density at radius 3 is 2.28 bits per heavy atom. The summed E-state index contributed by atoms with van der Waals surface area (Å²) >= 11 is 5.44. The quantitative estimate of drug-likeness (QED) is 0.358. The molecule has 2 rings (SSSR count). The summed E-state index contributed by atoms with van der Waals surface area (Å²) in [5.74, 6) is 0.711. The molecular weight excluding hydrogens is 338 g/mol. The van der Waals surface area contributed by atoms with E-state index < -0.39 is 11.6 Å².